The van der Waals surface area contributed by atoms with Crippen molar-refractivity contribution in [1.29, 1.82) is 0 Å². The first-order chi connectivity index (χ1) is 13.8. The van der Waals surface area contributed by atoms with Crippen LogP contribution in [0.15, 0.2) is 47.3 Å². The van der Waals surface area contributed by atoms with Gasteiger partial charge in [0.15, 0.2) is 11.8 Å². The molecule has 9 heteroatoms. The number of hydrogen-bond donors (Lipinski definition) is 1. The van der Waals surface area contributed by atoms with Crippen LogP contribution in [0.2, 0.25) is 5.02 Å². The number of rotatable bonds is 5. The highest BCUT2D eigenvalue weighted by atomic mass is 35.5. The van der Waals surface area contributed by atoms with Gasteiger partial charge in [-0.2, -0.15) is 5.10 Å². The van der Waals surface area contributed by atoms with Crippen molar-refractivity contribution in [2.75, 3.05) is 12.4 Å². The van der Waals surface area contributed by atoms with Gasteiger partial charge in [-0.15, -0.1) is 0 Å². The smallest absolute Gasteiger partial charge is 0.360 e. The summed E-state index contributed by atoms with van der Waals surface area (Å²) < 4.78 is 11.5. The predicted octanol–water partition coefficient (Wildman–Crippen LogP) is 2.78. The number of benzene rings is 2. The van der Waals surface area contributed by atoms with E-state index in [1.807, 2.05) is 0 Å². The van der Waals surface area contributed by atoms with Crippen LogP contribution in [-0.2, 0) is 16.6 Å². The summed E-state index contributed by atoms with van der Waals surface area (Å²) in [5.74, 6) is -0.988. The Labute approximate surface area is 171 Å². The molecule has 1 amide bonds. The minimum Gasteiger partial charge on any atom is -0.495 e. The first kappa shape index (κ1) is 20.3. The van der Waals surface area contributed by atoms with Gasteiger partial charge in [0, 0.05) is 17.5 Å². The first-order valence-corrected chi connectivity index (χ1v) is 9.01. The number of ether oxygens (including phenoxy) is 2. The Bertz CT molecular complexity index is 1160. The van der Waals surface area contributed by atoms with Crippen molar-refractivity contribution in [2.45, 2.75) is 13.0 Å². The molecule has 0 saturated carbocycles. The maximum Gasteiger partial charge on any atom is 0.360 e. The highest BCUT2D eigenvalue weighted by Crippen LogP contribution is 2.28. The molecule has 3 rings (SSSR count). The molecule has 29 heavy (non-hydrogen) atoms. The second kappa shape index (κ2) is 8.32. The fourth-order valence-electron chi connectivity index (χ4n) is 2.73. The number of esters is 1. The maximum atomic E-state index is 12.6. The van der Waals surface area contributed by atoms with E-state index >= 15 is 0 Å². The zero-order chi connectivity index (χ0) is 21.1. The summed E-state index contributed by atoms with van der Waals surface area (Å²) in [6.07, 6.45) is -1.14. The molecule has 8 nitrogen and oxygen atoms in total. The number of carbonyl (C=O) groups is 2. The molecule has 0 aliphatic rings. The number of nitrogens with zero attached hydrogens (tertiary/aromatic N) is 2. The Morgan fingerprint density at radius 2 is 1.86 bits per heavy atom. The van der Waals surface area contributed by atoms with Crippen molar-refractivity contribution in [3.63, 3.8) is 0 Å². The van der Waals surface area contributed by atoms with Gasteiger partial charge < -0.3 is 14.8 Å². The molecule has 0 spiro atoms. The van der Waals surface area contributed by atoms with Crippen LogP contribution in [0.25, 0.3) is 10.8 Å². The fourth-order valence-corrected chi connectivity index (χ4v) is 2.90. The normalized spacial score (nSPS) is 11.7. The van der Waals surface area contributed by atoms with Crippen LogP contribution in [0, 0.1) is 0 Å². The van der Waals surface area contributed by atoms with Crippen molar-refractivity contribution < 1.29 is 19.1 Å². The van der Waals surface area contributed by atoms with Crippen LogP contribution in [0.5, 0.6) is 5.75 Å². The van der Waals surface area contributed by atoms with E-state index in [4.69, 9.17) is 21.1 Å². The van der Waals surface area contributed by atoms with Gasteiger partial charge in [-0.25, -0.2) is 9.48 Å². The Morgan fingerprint density at radius 3 is 2.55 bits per heavy atom. The lowest BCUT2D eigenvalue weighted by molar-refractivity contribution is -0.123. The molecule has 1 heterocycles. The number of methoxy groups -OCH3 is 1. The zero-order valence-corrected chi connectivity index (χ0v) is 16.7. The SMILES string of the molecule is COc1ccc(Cl)cc1NC(=O)[C@H](C)OC(=O)c1nn(C)c(=O)c2ccccc12. The van der Waals surface area contributed by atoms with Crippen LogP contribution < -0.4 is 15.6 Å². The molecule has 2 aromatic carbocycles. The van der Waals surface area contributed by atoms with E-state index in [9.17, 15) is 14.4 Å². The van der Waals surface area contributed by atoms with Crippen LogP contribution in [0.1, 0.15) is 17.4 Å². The maximum absolute atomic E-state index is 12.6. The van der Waals surface area contributed by atoms with E-state index in [1.165, 1.54) is 27.1 Å². The fraction of sp³-hybridized carbons (Fsp3) is 0.200. The summed E-state index contributed by atoms with van der Waals surface area (Å²) >= 11 is 5.96. The highest BCUT2D eigenvalue weighted by molar-refractivity contribution is 6.31. The summed E-state index contributed by atoms with van der Waals surface area (Å²) in [6.45, 7) is 1.43. The van der Waals surface area contributed by atoms with Crippen LogP contribution in [0.4, 0.5) is 5.69 Å². The van der Waals surface area contributed by atoms with Gasteiger partial charge >= 0.3 is 5.97 Å². The minimum absolute atomic E-state index is 0.0531. The van der Waals surface area contributed by atoms with Crippen LogP contribution in [0.3, 0.4) is 0 Å². The van der Waals surface area contributed by atoms with E-state index in [2.05, 4.69) is 10.4 Å². The minimum atomic E-state index is -1.14. The molecular weight excluding hydrogens is 398 g/mol. The van der Waals surface area contributed by atoms with E-state index in [-0.39, 0.29) is 11.3 Å². The van der Waals surface area contributed by atoms with E-state index in [0.717, 1.165) is 4.68 Å². The molecule has 150 valence electrons. The van der Waals surface area contributed by atoms with Gasteiger partial charge in [0.25, 0.3) is 11.5 Å². The van der Waals surface area contributed by atoms with Gasteiger partial charge in [0.05, 0.1) is 18.2 Å². The average molecular weight is 416 g/mol. The average Bonchev–Trinajstić information content (AvgIpc) is 2.70. The monoisotopic (exact) mass is 415 g/mol. The molecule has 1 atom stereocenters. The number of amides is 1. The Hall–Kier alpha value is -3.39. The highest BCUT2D eigenvalue weighted by Gasteiger charge is 2.23. The van der Waals surface area contributed by atoms with Gasteiger partial charge in [-0.1, -0.05) is 29.8 Å². The van der Waals surface area contributed by atoms with Crippen LogP contribution in [-0.4, -0.2) is 34.9 Å². The van der Waals surface area contributed by atoms with Crippen molar-refractivity contribution in [1.82, 2.24) is 9.78 Å². The van der Waals surface area contributed by atoms with Gasteiger partial charge in [0.1, 0.15) is 5.75 Å². The largest absolute Gasteiger partial charge is 0.495 e. The number of fused-ring (bicyclic) bond motifs is 1. The topological polar surface area (TPSA) is 99.5 Å². The van der Waals surface area contributed by atoms with Crippen LogP contribution >= 0.6 is 11.6 Å². The first-order valence-electron chi connectivity index (χ1n) is 8.63. The van der Waals surface area contributed by atoms with Crippen molar-refractivity contribution >= 4 is 39.9 Å². The molecule has 0 saturated heterocycles. The zero-order valence-electron chi connectivity index (χ0n) is 15.9. The third kappa shape index (κ3) is 4.22. The number of nitrogens with one attached hydrogen (secondary N) is 1. The van der Waals surface area contributed by atoms with Crippen molar-refractivity contribution in [2.24, 2.45) is 7.05 Å². The summed E-state index contributed by atoms with van der Waals surface area (Å²) in [5.41, 5.74) is -0.0442. The summed E-state index contributed by atoms with van der Waals surface area (Å²) in [4.78, 5) is 37.3. The van der Waals surface area contributed by atoms with E-state index < -0.39 is 18.0 Å². The Morgan fingerprint density at radius 1 is 1.17 bits per heavy atom. The lowest BCUT2D eigenvalue weighted by Gasteiger charge is -2.16. The summed E-state index contributed by atoms with van der Waals surface area (Å²) in [5, 5.41) is 7.70. The Balaban J connectivity index is 1.82. The Kier molecular flexibility index (Phi) is 5.84. The molecule has 0 aliphatic carbocycles. The van der Waals surface area contributed by atoms with Crippen molar-refractivity contribution in [3.05, 3.63) is 63.5 Å². The number of carbonyl (C=O) groups excluding carboxylic acids is 2. The molecule has 0 aliphatic heterocycles. The second-order valence-corrected chi connectivity index (χ2v) is 6.64. The number of aryl methyl sites for hydroxylation is 1. The summed E-state index contributed by atoms with van der Waals surface area (Å²) in [7, 11) is 2.89. The molecular formula is C20H18ClN3O5. The number of halogens is 1. The molecule has 0 radical (unpaired) electrons. The predicted molar refractivity (Wildman–Crippen MR) is 108 cm³/mol. The molecule has 0 unspecified atom stereocenters. The third-order valence-electron chi connectivity index (χ3n) is 4.22. The number of anilines is 1. The molecule has 1 N–H and O–H groups in total. The van der Waals surface area contributed by atoms with E-state index in [0.29, 0.717) is 27.2 Å². The van der Waals surface area contributed by atoms with Gasteiger partial charge in [0.2, 0.25) is 0 Å². The van der Waals surface area contributed by atoms with Crippen molar-refractivity contribution in [3.8, 4) is 5.75 Å². The van der Waals surface area contributed by atoms with Gasteiger partial charge in [-0.05, 0) is 31.2 Å². The molecule has 1 aromatic heterocycles. The van der Waals surface area contributed by atoms with Gasteiger partial charge in [-0.3, -0.25) is 9.59 Å². The lowest BCUT2D eigenvalue weighted by Crippen LogP contribution is -2.31. The third-order valence-corrected chi connectivity index (χ3v) is 4.46. The second-order valence-electron chi connectivity index (χ2n) is 6.20. The lowest BCUT2D eigenvalue weighted by atomic mass is 10.1. The standard InChI is InChI=1S/C20H18ClN3O5/c1-11(18(25)22-15-10-12(21)8-9-16(15)28-3)29-20(27)17-13-6-4-5-7-14(13)19(26)24(2)23-17/h4-11H,1-3H3,(H,22,25)/t11-/m0/s1. The number of hydrogen-bond acceptors (Lipinski definition) is 6. The van der Waals surface area contributed by atoms with E-state index in [1.54, 1.807) is 36.4 Å². The quantitative estimate of drug-likeness (QED) is 0.643. The molecule has 0 bridgehead atoms. The summed E-state index contributed by atoms with van der Waals surface area (Å²) in [6, 6.07) is 11.3. The molecule has 3 aromatic rings. The molecule has 0 fully saturated rings. The number of aromatic nitrogens is 2.